The Morgan fingerprint density at radius 2 is 2.04 bits per heavy atom. The second-order valence-electron chi connectivity index (χ2n) is 5.24. The zero-order chi connectivity index (χ0) is 16.6. The molecule has 1 unspecified atom stereocenters. The highest BCUT2D eigenvalue weighted by atomic mass is 19.1. The molecule has 1 N–H and O–H groups in total. The summed E-state index contributed by atoms with van der Waals surface area (Å²) in [5.41, 5.74) is 0.0172. The molecule has 0 aliphatic carbocycles. The Bertz CT molecular complexity index is 775. The molecule has 6 nitrogen and oxygen atoms in total. The van der Waals surface area contributed by atoms with Crippen LogP contribution in [0.25, 0.3) is 5.69 Å². The molecule has 0 bridgehead atoms. The van der Waals surface area contributed by atoms with Crippen LogP contribution < -0.4 is 0 Å². The van der Waals surface area contributed by atoms with Crippen molar-refractivity contribution in [2.75, 3.05) is 6.54 Å². The fourth-order valence-corrected chi connectivity index (χ4v) is 2.65. The molecule has 2 heterocycles. The maximum atomic E-state index is 13.7. The number of carbonyl (C=O) groups excluding carboxylic acids is 1. The van der Waals surface area contributed by atoms with Crippen molar-refractivity contribution in [2.24, 2.45) is 0 Å². The fourth-order valence-electron chi connectivity index (χ4n) is 2.65. The van der Waals surface area contributed by atoms with Crippen LogP contribution in [-0.2, 0) is 4.79 Å². The quantitative estimate of drug-likeness (QED) is 0.936. The maximum absolute atomic E-state index is 13.7. The van der Waals surface area contributed by atoms with E-state index < -0.39 is 29.6 Å². The zero-order valence-electron chi connectivity index (χ0n) is 11.9. The SMILES string of the molecule is O=C(O)C1CCCN1C(=O)c1ccn(-c2ccc(F)cc2F)n1. The average Bonchev–Trinajstić information content (AvgIpc) is 3.16. The van der Waals surface area contributed by atoms with Gasteiger partial charge in [0.2, 0.25) is 0 Å². The van der Waals surface area contributed by atoms with Gasteiger partial charge in [-0.05, 0) is 31.0 Å². The Hall–Kier alpha value is -2.77. The molecule has 0 spiro atoms. The van der Waals surface area contributed by atoms with Gasteiger partial charge in [0, 0.05) is 18.8 Å². The lowest BCUT2D eigenvalue weighted by molar-refractivity contribution is -0.141. The second-order valence-corrected chi connectivity index (χ2v) is 5.24. The van der Waals surface area contributed by atoms with Crippen molar-refractivity contribution in [2.45, 2.75) is 18.9 Å². The molecule has 120 valence electrons. The average molecular weight is 321 g/mol. The molecule has 1 aromatic heterocycles. The maximum Gasteiger partial charge on any atom is 0.326 e. The molecular weight excluding hydrogens is 308 g/mol. The van der Waals surface area contributed by atoms with E-state index in [2.05, 4.69) is 5.10 Å². The van der Waals surface area contributed by atoms with E-state index in [1.54, 1.807) is 0 Å². The van der Waals surface area contributed by atoms with E-state index in [0.717, 1.165) is 16.8 Å². The first-order valence-corrected chi connectivity index (χ1v) is 7.02. The van der Waals surface area contributed by atoms with Crippen LogP contribution in [0.5, 0.6) is 0 Å². The lowest BCUT2D eigenvalue weighted by atomic mass is 10.2. The predicted octanol–water partition coefficient (Wildman–Crippen LogP) is 1.84. The summed E-state index contributed by atoms with van der Waals surface area (Å²) in [7, 11) is 0. The van der Waals surface area contributed by atoms with Crippen LogP contribution in [0.15, 0.2) is 30.5 Å². The third-order valence-electron chi connectivity index (χ3n) is 3.76. The van der Waals surface area contributed by atoms with Crippen molar-refractivity contribution in [3.63, 3.8) is 0 Å². The smallest absolute Gasteiger partial charge is 0.326 e. The van der Waals surface area contributed by atoms with Gasteiger partial charge in [-0.2, -0.15) is 5.10 Å². The first-order valence-electron chi connectivity index (χ1n) is 7.02. The van der Waals surface area contributed by atoms with E-state index in [1.165, 1.54) is 23.2 Å². The molecule has 2 aromatic rings. The minimum atomic E-state index is -1.06. The molecular formula is C15H13F2N3O3. The number of likely N-dealkylation sites (tertiary alicyclic amines) is 1. The minimum Gasteiger partial charge on any atom is -0.480 e. The fraction of sp³-hybridized carbons (Fsp3) is 0.267. The number of hydrogen-bond donors (Lipinski definition) is 1. The highest BCUT2D eigenvalue weighted by Gasteiger charge is 2.35. The van der Waals surface area contributed by atoms with Crippen molar-refractivity contribution in [3.8, 4) is 5.69 Å². The Labute approximate surface area is 129 Å². The first-order chi connectivity index (χ1) is 11.0. The van der Waals surface area contributed by atoms with Gasteiger partial charge in [-0.3, -0.25) is 4.79 Å². The summed E-state index contributed by atoms with van der Waals surface area (Å²) in [6.07, 6.45) is 2.37. The van der Waals surface area contributed by atoms with Gasteiger partial charge in [0.05, 0.1) is 0 Å². The number of hydrogen-bond acceptors (Lipinski definition) is 3. The lowest BCUT2D eigenvalue weighted by Crippen LogP contribution is -2.40. The third-order valence-corrected chi connectivity index (χ3v) is 3.76. The molecule has 1 fully saturated rings. The first kappa shape index (κ1) is 15.1. The molecule has 1 aliphatic rings. The van der Waals surface area contributed by atoms with Gasteiger partial charge in [-0.15, -0.1) is 0 Å². The molecule has 0 saturated carbocycles. The number of aliphatic carboxylic acids is 1. The number of nitrogens with zero attached hydrogens (tertiary/aromatic N) is 3. The summed E-state index contributed by atoms with van der Waals surface area (Å²) >= 11 is 0. The van der Waals surface area contributed by atoms with Crippen LogP contribution in [0.1, 0.15) is 23.3 Å². The molecule has 1 atom stereocenters. The molecule has 0 radical (unpaired) electrons. The number of carbonyl (C=O) groups is 2. The molecule has 1 amide bonds. The van der Waals surface area contributed by atoms with E-state index >= 15 is 0 Å². The zero-order valence-corrected chi connectivity index (χ0v) is 11.9. The molecule has 1 saturated heterocycles. The van der Waals surface area contributed by atoms with Crippen molar-refractivity contribution in [1.82, 2.24) is 14.7 Å². The number of carboxylic acid groups (broad SMARTS) is 1. The summed E-state index contributed by atoms with van der Waals surface area (Å²) in [5.74, 6) is -3.09. The summed E-state index contributed by atoms with van der Waals surface area (Å²) < 4.78 is 27.8. The van der Waals surface area contributed by atoms with E-state index in [4.69, 9.17) is 5.11 Å². The van der Waals surface area contributed by atoms with E-state index in [1.807, 2.05) is 0 Å². The van der Waals surface area contributed by atoms with Gasteiger partial charge in [-0.25, -0.2) is 18.3 Å². The number of halogens is 2. The number of carboxylic acids is 1. The van der Waals surface area contributed by atoms with Crippen molar-refractivity contribution in [3.05, 3.63) is 47.8 Å². The largest absolute Gasteiger partial charge is 0.480 e. The van der Waals surface area contributed by atoms with Crippen LogP contribution in [0.4, 0.5) is 8.78 Å². The monoisotopic (exact) mass is 321 g/mol. The normalized spacial score (nSPS) is 17.5. The van der Waals surface area contributed by atoms with Gasteiger partial charge in [0.1, 0.15) is 17.5 Å². The van der Waals surface area contributed by atoms with Crippen molar-refractivity contribution in [1.29, 1.82) is 0 Å². The molecule has 3 rings (SSSR count). The van der Waals surface area contributed by atoms with Crippen LogP contribution in [-0.4, -0.2) is 44.3 Å². The minimum absolute atomic E-state index is 0.00153. The standard InChI is InChI=1S/C15H13F2N3O3/c16-9-3-4-12(10(17)8-9)20-7-5-11(18-20)14(21)19-6-1-2-13(19)15(22)23/h3-5,7-8,13H,1-2,6H2,(H,22,23). The van der Waals surface area contributed by atoms with Crippen LogP contribution >= 0.6 is 0 Å². The van der Waals surface area contributed by atoms with Crippen LogP contribution in [0.2, 0.25) is 0 Å². The Balaban J connectivity index is 1.87. The molecule has 23 heavy (non-hydrogen) atoms. The van der Waals surface area contributed by atoms with Gasteiger partial charge in [0.25, 0.3) is 5.91 Å². The summed E-state index contributed by atoms with van der Waals surface area (Å²) in [6.45, 7) is 0.341. The number of rotatable bonds is 3. The Kier molecular flexibility index (Phi) is 3.81. The van der Waals surface area contributed by atoms with Gasteiger partial charge < -0.3 is 10.0 Å². The summed E-state index contributed by atoms with van der Waals surface area (Å²) in [4.78, 5) is 24.8. The number of benzene rings is 1. The van der Waals surface area contributed by atoms with Crippen LogP contribution in [0.3, 0.4) is 0 Å². The van der Waals surface area contributed by atoms with Gasteiger partial charge in [-0.1, -0.05) is 0 Å². The van der Waals surface area contributed by atoms with E-state index in [9.17, 15) is 18.4 Å². The van der Waals surface area contributed by atoms with Gasteiger partial charge in [0.15, 0.2) is 11.5 Å². The predicted molar refractivity (Wildman–Crippen MR) is 75.2 cm³/mol. The second kappa shape index (κ2) is 5.79. The molecule has 1 aliphatic heterocycles. The summed E-state index contributed by atoms with van der Waals surface area (Å²) in [6, 6.07) is 3.53. The molecule has 8 heteroatoms. The number of aromatic nitrogens is 2. The highest BCUT2D eigenvalue weighted by molar-refractivity contribution is 5.95. The lowest BCUT2D eigenvalue weighted by Gasteiger charge is -2.20. The molecule has 1 aromatic carbocycles. The highest BCUT2D eigenvalue weighted by Crippen LogP contribution is 2.20. The van der Waals surface area contributed by atoms with Crippen LogP contribution in [0, 0.1) is 11.6 Å². The van der Waals surface area contributed by atoms with Gasteiger partial charge >= 0.3 is 5.97 Å². The third kappa shape index (κ3) is 2.79. The van der Waals surface area contributed by atoms with E-state index in [-0.39, 0.29) is 11.4 Å². The summed E-state index contributed by atoms with van der Waals surface area (Å²) in [5, 5.41) is 13.1. The Morgan fingerprint density at radius 1 is 1.26 bits per heavy atom. The van der Waals surface area contributed by atoms with Crippen molar-refractivity contribution < 1.29 is 23.5 Å². The Morgan fingerprint density at radius 3 is 2.74 bits per heavy atom. The van der Waals surface area contributed by atoms with Crippen molar-refractivity contribution >= 4 is 11.9 Å². The topological polar surface area (TPSA) is 75.4 Å². The van der Waals surface area contributed by atoms with E-state index in [0.29, 0.717) is 19.4 Å². The number of amides is 1.